The van der Waals surface area contributed by atoms with E-state index in [1.165, 1.54) is 0 Å². The Morgan fingerprint density at radius 2 is 1.86 bits per heavy atom. The summed E-state index contributed by atoms with van der Waals surface area (Å²) in [6, 6.07) is 11.6. The summed E-state index contributed by atoms with van der Waals surface area (Å²) >= 11 is 3.40. The molecule has 0 aliphatic rings. The van der Waals surface area contributed by atoms with Crippen LogP contribution >= 0.6 is 15.9 Å². The summed E-state index contributed by atoms with van der Waals surface area (Å²) < 4.78 is 6.82. The molecule has 0 spiro atoms. The molecule has 1 aromatic heterocycles. The first-order chi connectivity index (χ1) is 9.80. The minimum Gasteiger partial charge on any atom is -0.480 e. The first-order valence-electron chi connectivity index (χ1n) is 6.60. The number of hydrogen-bond donors (Lipinski definition) is 1. The Balaban J connectivity index is 2.14. The summed E-state index contributed by atoms with van der Waals surface area (Å²) in [6.07, 6.45) is 0. The highest BCUT2D eigenvalue weighted by Crippen LogP contribution is 2.25. The Bertz CT molecular complexity index is 631. The number of hydrogen-bond acceptors (Lipinski definition) is 3. The van der Waals surface area contributed by atoms with Crippen LogP contribution in [0.5, 0.6) is 0 Å². The molecular formula is C16H18BrNO3. The number of nitrogens with zero attached hydrogens (tertiary/aromatic N) is 1. The maximum atomic E-state index is 11.2. The maximum Gasteiger partial charge on any atom is 0.323 e. The van der Waals surface area contributed by atoms with E-state index >= 15 is 0 Å². The molecule has 0 fully saturated rings. The second kappa shape index (κ2) is 6.03. The first-order valence-corrected chi connectivity index (χ1v) is 7.39. The number of halogens is 1. The van der Waals surface area contributed by atoms with Crippen LogP contribution in [0.3, 0.4) is 0 Å². The Kier molecular flexibility index (Phi) is 4.54. The molecule has 112 valence electrons. The lowest BCUT2D eigenvalue weighted by molar-refractivity contribution is -0.148. The molecule has 2 aromatic rings. The van der Waals surface area contributed by atoms with Crippen molar-refractivity contribution in [3.05, 3.63) is 46.6 Å². The topological polar surface area (TPSA) is 53.7 Å². The first kappa shape index (κ1) is 15.8. The number of benzene rings is 1. The van der Waals surface area contributed by atoms with Crippen molar-refractivity contribution in [2.75, 3.05) is 7.05 Å². The lowest BCUT2D eigenvalue weighted by Crippen LogP contribution is -2.47. The van der Waals surface area contributed by atoms with Crippen LogP contribution in [0.4, 0.5) is 0 Å². The summed E-state index contributed by atoms with van der Waals surface area (Å²) in [4.78, 5) is 13.0. The van der Waals surface area contributed by atoms with Crippen molar-refractivity contribution < 1.29 is 14.3 Å². The van der Waals surface area contributed by atoms with Crippen LogP contribution in [0.1, 0.15) is 19.6 Å². The Labute approximate surface area is 132 Å². The molecule has 5 heteroatoms. The predicted octanol–water partition coefficient (Wildman–Crippen LogP) is 4.00. The van der Waals surface area contributed by atoms with Crippen molar-refractivity contribution >= 4 is 21.9 Å². The zero-order valence-electron chi connectivity index (χ0n) is 12.3. The molecule has 0 aliphatic heterocycles. The van der Waals surface area contributed by atoms with E-state index in [1.807, 2.05) is 36.4 Å². The average molecular weight is 352 g/mol. The Morgan fingerprint density at radius 1 is 1.24 bits per heavy atom. The normalized spacial score (nSPS) is 11.9. The van der Waals surface area contributed by atoms with Crippen LogP contribution in [0.15, 0.2) is 45.3 Å². The van der Waals surface area contributed by atoms with Gasteiger partial charge in [0.1, 0.15) is 17.1 Å². The van der Waals surface area contributed by atoms with Gasteiger partial charge in [0, 0.05) is 10.0 Å². The quantitative estimate of drug-likeness (QED) is 0.884. The predicted molar refractivity (Wildman–Crippen MR) is 85.0 cm³/mol. The molecule has 1 N–H and O–H groups in total. The number of carboxylic acid groups (broad SMARTS) is 1. The van der Waals surface area contributed by atoms with E-state index in [-0.39, 0.29) is 0 Å². The average Bonchev–Trinajstić information content (AvgIpc) is 2.87. The Morgan fingerprint density at radius 3 is 2.43 bits per heavy atom. The van der Waals surface area contributed by atoms with Gasteiger partial charge >= 0.3 is 5.97 Å². The van der Waals surface area contributed by atoms with Gasteiger partial charge in [-0.2, -0.15) is 0 Å². The van der Waals surface area contributed by atoms with Gasteiger partial charge in [-0.25, -0.2) is 0 Å². The molecule has 0 radical (unpaired) electrons. The molecule has 2 rings (SSSR count). The molecule has 0 unspecified atom stereocenters. The van der Waals surface area contributed by atoms with E-state index in [2.05, 4.69) is 15.9 Å². The van der Waals surface area contributed by atoms with Gasteiger partial charge in [0.25, 0.3) is 0 Å². The smallest absolute Gasteiger partial charge is 0.323 e. The monoisotopic (exact) mass is 351 g/mol. The van der Waals surface area contributed by atoms with Crippen LogP contribution in [-0.4, -0.2) is 28.6 Å². The molecule has 1 heterocycles. The number of likely N-dealkylation sites (N-methyl/N-ethyl adjacent to an activating group) is 1. The summed E-state index contributed by atoms with van der Waals surface area (Å²) in [5, 5.41) is 9.22. The van der Waals surface area contributed by atoms with Gasteiger partial charge < -0.3 is 9.52 Å². The van der Waals surface area contributed by atoms with Crippen molar-refractivity contribution in [1.29, 1.82) is 0 Å². The zero-order valence-corrected chi connectivity index (χ0v) is 13.8. The highest BCUT2D eigenvalue weighted by atomic mass is 79.9. The van der Waals surface area contributed by atoms with Gasteiger partial charge in [-0.05, 0) is 45.2 Å². The SMILES string of the molecule is CN(Cc1ccc(-c2ccc(Br)cc2)o1)C(C)(C)C(=O)O. The molecule has 0 saturated carbocycles. The van der Waals surface area contributed by atoms with Crippen LogP contribution in [-0.2, 0) is 11.3 Å². The van der Waals surface area contributed by atoms with Gasteiger partial charge in [0.15, 0.2) is 0 Å². The number of carboxylic acids is 1. The van der Waals surface area contributed by atoms with E-state index in [9.17, 15) is 9.90 Å². The van der Waals surface area contributed by atoms with E-state index in [1.54, 1.807) is 25.8 Å². The molecular weight excluding hydrogens is 334 g/mol. The molecule has 1 aromatic carbocycles. The fraction of sp³-hybridized carbons (Fsp3) is 0.312. The van der Waals surface area contributed by atoms with Gasteiger partial charge in [-0.1, -0.05) is 28.1 Å². The summed E-state index contributed by atoms with van der Waals surface area (Å²) in [7, 11) is 1.77. The third kappa shape index (κ3) is 3.54. The summed E-state index contributed by atoms with van der Waals surface area (Å²) in [5.41, 5.74) is 0.0505. The van der Waals surface area contributed by atoms with Crippen LogP contribution in [0.2, 0.25) is 0 Å². The van der Waals surface area contributed by atoms with E-state index in [4.69, 9.17) is 4.42 Å². The van der Waals surface area contributed by atoms with Crippen LogP contribution in [0, 0.1) is 0 Å². The second-order valence-corrected chi connectivity index (χ2v) is 6.41. The lowest BCUT2D eigenvalue weighted by Gasteiger charge is -2.30. The minimum absolute atomic E-state index is 0.440. The van der Waals surface area contributed by atoms with Gasteiger partial charge in [-0.3, -0.25) is 9.69 Å². The second-order valence-electron chi connectivity index (χ2n) is 5.49. The van der Waals surface area contributed by atoms with Gasteiger partial charge in [0.05, 0.1) is 6.54 Å². The van der Waals surface area contributed by atoms with E-state index < -0.39 is 11.5 Å². The fourth-order valence-corrected chi connectivity index (χ4v) is 2.09. The molecule has 4 nitrogen and oxygen atoms in total. The maximum absolute atomic E-state index is 11.2. The summed E-state index contributed by atoms with van der Waals surface area (Å²) in [6.45, 7) is 3.79. The van der Waals surface area contributed by atoms with E-state index in [0.717, 1.165) is 21.6 Å². The third-order valence-electron chi connectivity index (χ3n) is 3.66. The molecule has 0 amide bonds. The zero-order chi connectivity index (χ0) is 15.6. The van der Waals surface area contributed by atoms with Crippen molar-refractivity contribution in [1.82, 2.24) is 4.90 Å². The van der Waals surface area contributed by atoms with E-state index in [0.29, 0.717) is 6.54 Å². The highest BCUT2D eigenvalue weighted by Gasteiger charge is 2.32. The number of furan rings is 1. The van der Waals surface area contributed by atoms with Crippen molar-refractivity contribution in [3.8, 4) is 11.3 Å². The fourth-order valence-electron chi connectivity index (χ4n) is 1.83. The standard InChI is InChI=1S/C16H18BrNO3/c1-16(2,15(19)20)18(3)10-13-8-9-14(21-13)11-4-6-12(17)7-5-11/h4-9H,10H2,1-3H3,(H,19,20). The van der Waals surface area contributed by atoms with Gasteiger partial charge in [0.2, 0.25) is 0 Å². The molecule has 0 aliphatic carbocycles. The third-order valence-corrected chi connectivity index (χ3v) is 4.19. The van der Waals surface area contributed by atoms with Crippen molar-refractivity contribution in [2.45, 2.75) is 25.9 Å². The van der Waals surface area contributed by atoms with Crippen molar-refractivity contribution in [3.63, 3.8) is 0 Å². The number of rotatable bonds is 5. The van der Waals surface area contributed by atoms with Gasteiger partial charge in [-0.15, -0.1) is 0 Å². The molecule has 0 bridgehead atoms. The minimum atomic E-state index is -0.940. The van der Waals surface area contributed by atoms with Crippen LogP contribution in [0.25, 0.3) is 11.3 Å². The number of aliphatic carboxylic acids is 1. The van der Waals surface area contributed by atoms with Crippen molar-refractivity contribution in [2.24, 2.45) is 0 Å². The highest BCUT2D eigenvalue weighted by molar-refractivity contribution is 9.10. The summed E-state index contributed by atoms with van der Waals surface area (Å²) in [5.74, 6) is 0.661. The Hall–Kier alpha value is -1.59. The molecule has 0 saturated heterocycles. The van der Waals surface area contributed by atoms with Crippen LogP contribution < -0.4 is 0 Å². The molecule has 21 heavy (non-hydrogen) atoms. The largest absolute Gasteiger partial charge is 0.480 e. The lowest BCUT2D eigenvalue weighted by atomic mass is 10.0. The molecule has 0 atom stereocenters. The number of carbonyl (C=O) groups is 1.